The van der Waals surface area contributed by atoms with E-state index in [0.717, 1.165) is 11.8 Å². The second-order valence-electron chi connectivity index (χ2n) is 7.06. The summed E-state index contributed by atoms with van der Waals surface area (Å²) in [6.07, 6.45) is 1.13. The van der Waals surface area contributed by atoms with E-state index in [0.29, 0.717) is 31.1 Å². The first-order valence-electron chi connectivity index (χ1n) is 8.31. The van der Waals surface area contributed by atoms with Crippen molar-refractivity contribution < 1.29 is 27.8 Å². The molecule has 26 heavy (non-hydrogen) atoms. The van der Waals surface area contributed by atoms with Crippen LogP contribution in [0.3, 0.4) is 0 Å². The van der Waals surface area contributed by atoms with E-state index in [9.17, 15) is 18.3 Å². The normalized spacial score (nSPS) is 26.7. The van der Waals surface area contributed by atoms with Crippen LogP contribution in [0.2, 0.25) is 0 Å². The number of methoxy groups -OCH3 is 2. The molecular formula is C17H24N2O6S. The molecule has 2 atom stereocenters. The number of fused-ring (bicyclic) bond motifs is 1. The van der Waals surface area contributed by atoms with Crippen molar-refractivity contribution >= 4 is 16.0 Å². The third-order valence-electron chi connectivity index (χ3n) is 5.43. The number of carboxylic acids is 1. The molecule has 3 rings (SSSR count). The molecule has 0 amide bonds. The molecule has 0 saturated carbocycles. The van der Waals surface area contributed by atoms with E-state index in [4.69, 9.17) is 9.47 Å². The molecule has 0 bridgehead atoms. The molecule has 0 aromatic heterocycles. The standard InChI is InChI=1S/C17H24N2O6S/c1-24-14-5-4-12(15(6-14)25-2)7-18-8-13-9-19(26(3,22)23)11-17(13,10-18)16(20)21/h4-6,13H,7-11H2,1-3H3,(H,20,21)/t13-,17-/m1/s1. The monoisotopic (exact) mass is 384 g/mol. The highest BCUT2D eigenvalue weighted by molar-refractivity contribution is 7.88. The van der Waals surface area contributed by atoms with Crippen LogP contribution in [0.4, 0.5) is 0 Å². The number of carbonyl (C=O) groups is 1. The van der Waals surface area contributed by atoms with Gasteiger partial charge in [-0.1, -0.05) is 6.07 Å². The van der Waals surface area contributed by atoms with Crippen LogP contribution in [0.25, 0.3) is 0 Å². The van der Waals surface area contributed by atoms with Crippen LogP contribution in [0, 0.1) is 11.3 Å². The van der Waals surface area contributed by atoms with Crippen molar-refractivity contribution in [2.75, 3.05) is 46.7 Å². The summed E-state index contributed by atoms with van der Waals surface area (Å²) in [6, 6.07) is 5.54. The van der Waals surface area contributed by atoms with Crippen LogP contribution >= 0.6 is 0 Å². The summed E-state index contributed by atoms with van der Waals surface area (Å²) in [5.41, 5.74) is -0.114. The minimum Gasteiger partial charge on any atom is -0.497 e. The fourth-order valence-electron chi connectivity index (χ4n) is 4.02. The van der Waals surface area contributed by atoms with Gasteiger partial charge < -0.3 is 14.6 Å². The van der Waals surface area contributed by atoms with Gasteiger partial charge in [0.25, 0.3) is 0 Å². The van der Waals surface area contributed by atoms with Crippen molar-refractivity contribution in [3.05, 3.63) is 23.8 Å². The SMILES string of the molecule is COc1ccc(CN2C[C@@H]3CN(S(C)(=O)=O)C[C@]3(C(=O)O)C2)c(OC)c1. The summed E-state index contributed by atoms with van der Waals surface area (Å²) < 4.78 is 35.6. The highest BCUT2D eigenvalue weighted by atomic mass is 32.2. The number of sulfonamides is 1. The van der Waals surface area contributed by atoms with Crippen molar-refractivity contribution in [2.45, 2.75) is 6.54 Å². The fourth-order valence-corrected chi connectivity index (χ4v) is 4.94. The molecule has 0 unspecified atom stereocenters. The van der Waals surface area contributed by atoms with Gasteiger partial charge in [-0.25, -0.2) is 12.7 Å². The van der Waals surface area contributed by atoms with E-state index in [-0.39, 0.29) is 19.0 Å². The van der Waals surface area contributed by atoms with Crippen LogP contribution in [0.5, 0.6) is 11.5 Å². The minimum absolute atomic E-state index is 0.0298. The number of nitrogens with zero attached hydrogens (tertiary/aromatic N) is 2. The zero-order valence-corrected chi connectivity index (χ0v) is 16.0. The predicted molar refractivity (Wildman–Crippen MR) is 94.8 cm³/mol. The molecule has 0 radical (unpaired) electrons. The lowest BCUT2D eigenvalue weighted by Gasteiger charge is -2.25. The van der Waals surface area contributed by atoms with Gasteiger partial charge in [-0.3, -0.25) is 9.69 Å². The van der Waals surface area contributed by atoms with E-state index in [2.05, 4.69) is 4.90 Å². The first-order chi connectivity index (χ1) is 12.2. The summed E-state index contributed by atoms with van der Waals surface area (Å²) >= 11 is 0. The molecule has 9 heteroatoms. The number of benzene rings is 1. The van der Waals surface area contributed by atoms with E-state index >= 15 is 0 Å². The predicted octanol–water partition coefficient (Wildman–Crippen LogP) is 0.482. The Bertz CT molecular complexity index is 811. The van der Waals surface area contributed by atoms with Gasteiger partial charge >= 0.3 is 5.97 Å². The van der Waals surface area contributed by atoms with E-state index in [1.807, 2.05) is 12.1 Å². The Morgan fingerprint density at radius 3 is 2.54 bits per heavy atom. The van der Waals surface area contributed by atoms with E-state index in [1.54, 1.807) is 20.3 Å². The summed E-state index contributed by atoms with van der Waals surface area (Å²) in [7, 11) is -0.227. The smallest absolute Gasteiger partial charge is 0.312 e. The van der Waals surface area contributed by atoms with Crippen molar-refractivity contribution in [1.29, 1.82) is 0 Å². The van der Waals surface area contributed by atoms with Crippen molar-refractivity contribution in [3.8, 4) is 11.5 Å². The first kappa shape index (κ1) is 18.9. The molecule has 1 aromatic rings. The molecule has 2 aliphatic heterocycles. The van der Waals surface area contributed by atoms with Gasteiger partial charge in [0.1, 0.15) is 11.5 Å². The molecular weight excluding hydrogens is 360 g/mol. The third-order valence-corrected chi connectivity index (χ3v) is 6.65. The maximum atomic E-state index is 12.0. The van der Waals surface area contributed by atoms with Crippen LogP contribution in [-0.2, 0) is 21.4 Å². The molecule has 0 aliphatic carbocycles. The number of likely N-dealkylation sites (tertiary alicyclic amines) is 1. The quantitative estimate of drug-likeness (QED) is 0.762. The average Bonchev–Trinajstić information content (AvgIpc) is 3.10. The van der Waals surface area contributed by atoms with Gasteiger partial charge in [0.05, 0.1) is 25.9 Å². The summed E-state index contributed by atoms with van der Waals surface area (Å²) in [6.45, 7) is 1.67. The number of ether oxygens (including phenoxy) is 2. The highest BCUT2D eigenvalue weighted by Gasteiger charge is 2.59. The number of rotatable bonds is 6. The van der Waals surface area contributed by atoms with Crippen molar-refractivity contribution in [3.63, 3.8) is 0 Å². The van der Waals surface area contributed by atoms with E-state index in [1.165, 1.54) is 4.31 Å². The number of hydrogen-bond donors (Lipinski definition) is 1. The maximum Gasteiger partial charge on any atom is 0.312 e. The molecule has 144 valence electrons. The van der Waals surface area contributed by atoms with Gasteiger partial charge in [0.2, 0.25) is 10.0 Å². The largest absolute Gasteiger partial charge is 0.497 e. The minimum atomic E-state index is -3.39. The lowest BCUT2D eigenvalue weighted by atomic mass is 9.81. The molecule has 8 nitrogen and oxygen atoms in total. The molecule has 2 saturated heterocycles. The molecule has 2 fully saturated rings. The molecule has 2 aliphatic rings. The second kappa shape index (κ2) is 6.71. The topological polar surface area (TPSA) is 96.4 Å². The second-order valence-corrected chi connectivity index (χ2v) is 9.04. The van der Waals surface area contributed by atoms with Crippen LogP contribution in [0.1, 0.15) is 5.56 Å². The highest BCUT2D eigenvalue weighted by Crippen LogP contribution is 2.44. The molecule has 1 aromatic carbocycles. The average molecular weight is 384 g/mol. The zero-order valence-electron chi connectivity index (χ0n) is 15.1. The lowest BCUT2D eigenvalue weighted by Crippen LogP contribution is -2.41. The van der Waals surface area contributed by atoms with Gasteiger partial charge in [0, 0.05) is 50.3 Å². The summed E-state index contributed by atoms with van der Waals surface area (Å²) in [4.78, 5) is 14.1. The van der Waals surface area contributed by atoms with Crippen molar-refractivity contribution in [2.24, 2.45) is 11.3 Å². The number of aliphatic carboxylic acids is 1. The van der Waals surface area contributed by atoms with Crippen LogP contribution in [0.15, 0.2) is 18.2 Å². The van der Waals surface area contributed by atoms with E-state index < -0.39 is 21.4 Å². The van der Waals surface area contributed by atoms with Gasteiger partial charge in [-0.15, -0.1) is 0 Å². The summed E-state index contributed by atoms with van der Waals surface area (Å²) in [5.74, 6) is 0.218. The van der Waals surface area contributed by atoms with Crippen LogP contribution < -0.4 is 9.47 Å². The third kappa shape index (κ3) is 3.26. The zero-order chi connectivity index (χ0) is 19.1. The Balaban J connectivity index is 1.79. The summed E-state index contributed by atoms with van der Waals surface area (Å²) in [5, 5.41) is 9.82. The number of carboxylic acid groups (broad SMARTS) is 1. The molecule has 0 spiro atoms. The molecule has 2 heterocycles. The Kier molecular flexibility index (Phi) is 4.89. The molecule has 1 N–H and O–H groups in total. The van der Waals surface area contributed by atoms with Crippen LogP contribution in [-0.4, -0.2) is 75.4 Å². The van der Waals surface area contributed by atoms with Gasteiger partial charge in [-0.05, 0) is 6.07 Å². The lowest BCUT2D eigenvalue weighted by molar-refractivity contribution is -0.148. The van der Waals surface area contributed by atoms with Crippen molar-refractivity contribution in [1.82, 2.24) is 9.21 Å². The first-order valence-corrected chi connectivity index (χ1v) is 10.2. The van der Waals surface area contributed by atoms with Gasteiger partial charge in [-0.2, -0.15) is 0 Å². The Morgan fingerprint density at radius 1 is 1.27 bits per heavy atom. The number of hydrogen-bond acceptors (Lipinski definition) is 6. The Morgan fingerprint density at radius 2 is 2.00 bits per heavy atom. The Labute approximate surface area is 153 Å². The maximum absolute atomic E-state index is 12.0. The Hall–Kier alpha value is -1.84. The van der Waals surface area contributed by atoms with Gasteiger partial charge in [0.15, 0.2) is 0 Å². The fraction of sp³-hybridized carbons (Fsp3) is 0.588.